The lowest BCUT2D eigenvalue weighted by atomic mass is 10.0. The minimum Gasteiger partial charge on any atom is -0.493 e. The van der Waals surface area contributed by atoms with Crippen molar-refractivity contribution in [2.24, 2.45) is 0 Å². The van der Waals surface area contributed by atoms with Crippen LogP contribution in [0.25, 0.3) is 16.8 Å². The van der Waals surface area contributed by atoms with E-state index in [-0.39, 0.29) is 5.57 Å². The van der Waals surface area contributed by atoms with Crippen LogP contribution < -0.4 is 19.7 Å². The van der Waals surface area contributed by atoms with Gasteiger partial charge in [0.05, 0.1) is 17.3 Å². The van der Waals surface area contributed by atoms with E-state index in [9.17, 15) is 14.4 Å². The van der Waals surface area contributed by atoms with Crippen molar-refractivity contribution in [1.29, 1.82) is 0 Å². The molecule has 4 aromatic rings. The summed E-state index contributed by atoms with van der Waals surface area (Å²) in [6, 6.07) is 22.1. The zero-order valence-corrected chi connectivity index (χ0v) is 23.2. The minimum atomic E-state index is -0.785. The Balaban J connectivity index is 1.46. The number of halogens is 1. The SMILES string of the molecule is COc1cc(/C=C2\C(=O)NC(=O)N(c3cccc(C)c3C)C2=O)cc(Br)c1OCc1cccc2ccccc12. The van der Waals surface area contributed by atoms with Crippen molar-refractivity contribution in [2.75, 3.05) is 12.0 Å². The van der Waals surface area contributed by atoms with E-state index in [1.165, 1.54) is 13.2 Å². The number of benzene rings is 4. The predicted molar refractivity (Wildman–Crippen MR) is 154 cm³/mol. The molecule has 4 amide bonds. The van der Waals surface area contributed by atoms with Crippen LogP contribution in [0.5, 0.6) is 11.5 Å². The first kappa shape index (κ1) is 26.2. The molecule has 0 saturated carbocycles. The van der Waals surface area contributed by atoms with E-state index in [4.69, 9.17) is 9.47 Å². The van der Waals surface area contributed by atoms with Gasteiger partial charge < -0.3 is 9.47 Å². The van der Waals surface area contributed by atoms with Gasteiger partial charge in [-0.05, 0) is 87.1 Å². The van der Waals surface area contributed by atoms with Crippen LogP contribution in [0.2, 0.25) is 0 Å². The molecule has 0 aliphatic carbocycles. The summed E-state index contributed by atoms with van der Waals surface area (Å²) in [5.74, 6) is -0.566. The summed E-state index contributed by atoms with van der Waals surface area (Å²) in [5, 5.41) is 4.49. The number of aryl methyl sites for hydroxylation is 1. The molecule has 1 N–H and O–H groups in total. The third-order valence-electron chi connectivity index (χ3n) is 6.73. The molecule has 0 atom stereocenters. The van der Waals surface area contributed by atoms with Crippen LogP contribution in [0, 0.1) is 13.8 Å². The quantitative estimate of drug-likeness (QED) is 0.207. The van der Waals surface area contributed by atoms with Crippen LogP contribution in [0.15, 0.2) is 82.8 Å². The molecule has 7 nitrogen and oxygen atoms in total. The molecule has 1 aliphatic rings. The van der Waals surface area contributed by atoms with Gasteiger partial charge in [-0.25, -0.2) is 9.69 Å². The maximum Gasteiger partial charge on any atom is 0.335 e. The Kier molecular flexibility index (Phi) is 7.21. The Bertz CT molecular complexity index is 1670. The van der Waals surface area contributed by atoms with E-state index in [0.29, 0.717) is 33.8 Å². The first-order valence-electron chi connectivity index (χ1n) is 12.2. The zero-order valence-electron chi connectivity index (χ0n) is 21.6. The van der Waals surface area contributed by atoms with Gasteiger partial charge in [-0.3, -0.25) is 14.9 Å². The number of nitrogens with one attached hydrogen (secondary N) is 1. The highest BCUT2D eigenvalue weighted by Gasteiger charge is 2.37. The Morgan fingerprint density at radius 3 is 2.49 bits per heavy atom. The van der Waals surface area contributed by atoms with Crippen molar-refractivity contribution in [3.8, 4) is 11.5 Å². The number of anilines is 1. The smallest absolute Gasteiger partial charge is 0.335 e. The Morgan fingerprint density at radius 1 is 0.949 bits per heavy atom. The number of amides is 4. The number of rotatable bonds is 6. The molecule has 0 radical (unpaired) electrons. The van der Waals surface area contributed by atoms with Crippen molar-refractivity contribution in [1.82, 2.24) is 5.32 Å². The molecular formula is C31H25BrN2O5. The second-order valence-corrected chi connectivity index (χ2v) is 9.99. The normalized spacial score (nSPS) is 14.6. The highest BCUT2D eigenvalue weighted by molar-refractivity contribution is 9.10. The number of barbiturate groups is 1. The van der Waals surface area contributed by atoms with Gasteiger partial charge in [0.2, 0.25) is 0 Å². The first-order valence-corrected chi connectivity index (χ1v) is 13.0. The fourth-order valence-corrected chi connectivity index (χ4v) is 5.13. The van der Waals surface area contributed by atoms with Crippen molar-refractivity contribution < 1.29 is 23.9 Å². The molecule has 0 unspecified atom stereocenters. The van der Waals surface area contributed by atoms with Gasteiger partial charge >= 0.3 is 6.03 Å². The van der Waals surface area contributed by atoms with Crippen LogP contribution >= 0.6 is 15.9 Å². The summed E-state index contributed by atoms with van der Waals surface area (Å²) in [4.78, 5) is 39.7. The maximum absolute atomic E-state index is 13.4. The molecule has 4 aromatic carbocycles. The van der Waals surface area contributed by atoms with E-state index in [1.54, 1.807) is 24.3 Å². The number of hydrogen-bond donors (Lipinski definition) is 1. The van der Waals surface area contributed by atoms with Gasteiger partial charge in [-0.1, -0.05) is 54.6 Å². The summed E-state index contributed by atoms with van der Waals surface area (Å²) in [7, 11) is 1.52. The van der Waals surface area contributed by atoms with Gasteiger partial charge in [0.25, 0.3) is 11.8 Å². The number of hydrogen-bond acceptors (Lipinski definition) is 5. The van der Waals surface area contributed by atoms with Gasteiger partial charge in [-0.2, -0.15) is 0 Å². The van der Waals surface area contributed by atoms with E-state index >= 15 is 0 Å². The summed E-state index contributed by atoms with van der Waals surface area (Å²) in [6.45, 7) is 4.02. The number of nitrogens with zero attached hydrogens (tertiary/aromatic N) is 1. The van der Waals surface area contributed by atoms with Gasteiger partial charge in [0, 0.05) is 0 Å². The lowest BCUT2D eigenvalue weighted by Crippen LogP contribution is -2.54. The van der Waals surface area contributed by atoms with E-state index < -0.39 is 17.8 Å². The lowest BCUT2D eigenvalue weighted by Gasteiger charge is -2.28. The summed E-state index contributed by atoms with van der Waals surface area (Å²) in [6.07, 6.45) is 1.43. The largest absolute Gasteiger partial charge is 0.493 e. The van der Waals surface area contributed by atoms with Crippen LogP contribution in [0.4, 0.5) is 10.5 Å². The Labute approximate surface area is 234 Å². The van der Waals surface area contributed by atoms with Crippen LogP contribution in [0.1, 0.15) is 22.3 Å². The molecule has 39 heavy (non-hydrogen) atoms. The molecule has 1 fully saturated rings. The summed E-state index contributed by atoms with van der Waals surface area (Å²) >= 11 is 3.55. The highest BCUT2D eigenvalue weighted by Crippen LogP contribution is 2.38. The molecule has 196 valence electrons. The first-order chi connectivity index (χ1) is 18.8. The number of fused-ring (bicyclic) bond motifs is 1. The van der Waals surface area contributed by atoms with Crippen LogP contribution in [-0.4, -0.2) is 25.0 Å². The average Bonchev–Trinajstić information content (AvgIpc) is 2.92. The number of urea groups is 1. The Hall–Kier alpha value is -4.43. The van der Waals surface area contributed by atoms with Gasteiger partial charge in [0.1, 0.15) is 12.2 Å². The van der Waals surface area contributed by atoms with Crippen LogP contribution in [0.3, 0.4) is 0 Å². The average molecular weight is 585 g/mol. The summed E-state index contributed by atoms with van der Waals surface area (Å²) in [5.41, 5.74) is 3.48. The number of carbonyl (C=O) groups is 3. The highest BCUT2D eigenvalue weighted by atomic mass is 79.9. The minimum absolute atomic E-state index is 0.172. The van der Waals surface area contributed by atoms with Crippen molar-refractivity contribution in [2.45, 2.75) is 20.5 Å². The van der Waals surface area contributed by atoms with Crippen molar-refractivity contribution >= 4 is 56.3 Å². The molecular weight excluding hydrogens is 560 g/mol. The fourth-order valence-electron chi connectivity index (χ4n) is 4.55. The third-order valence-corrected chi connectivity index (χ3v) is 7.32. The van der Waals surface area contributed by atoms with Crippen molar-refractivity contribution in [3.63, 3.8) is 0 Å². The zero-order chi connectivity index (χ0) is 27.7. The molecule has 5 rings (SSSR count). The second-order valence-electron chi connectivity index (χ2n) is 9.14. The number of methoxy groups -OCH3 is 1. The van der Waals surface area contributed by atoms with E-state index in [2.05, 4.69) is 33.4 Å². The second kappa shape index (κ2) is 10.7. The molecule has 8 heteroatoms. The van der Waals surface area contributed by atoms with Gasteiger partial charge in [-0.15, -0.1) is 0 Å². The monoisotopic (exact) mass is 584 g/mol. The number of carbonyl (C=O) groups excluding carboxylic acids is 3. The predicted octanol–water partition coefficient (Wildman–Crippen LogP) is 6.47. The molecule has 0 aromatic heterocycles. The van der Waals surface area contributed by atoms with Crippen LogP contribution in [-0.2, 0) is 16.2 Å². The lowest BCUT2D eigenvalue weighted by molar-refractivity contribution is -0.122. The molecule has 1 heterocycles. The molecule has 1 saturated heterocycles. The Morgan fingerprint density at radius 2 is 1.69 bits per heavy atom. The maximum atomic E-state index is 13.4. The molecule has 1 aliphatic heterocycles. The molecule has 0 spiro atoms. The third kappa shape index (κ3) is 5.03. The standard InChI is InChI=1S/C31H25BrN2O5/c1-18-8-6-13-26(19(18)2)34-30(36)24(29(35)33-31(34)37)14-20-15-25(32)28(27(16-20)38-3)39-17-22-11-7-10-21-9-4-5-12-23(21)22/h4-16H,17H2,1-3H3,(H,33,35,37)/b24-14+. The molecule has 0 bridgehead atoms. The fraction of sp³-hybridized carbons (Fsp3) is 0.129. The van der Waals surface area contributed by atoms with Gasteiger partial charge in [0.15, 0.2) is 11.5 Å². The topological polar surface area (TPSA) is 84.9 Å². The van der Waals surface area contributed by atoms with E-state index in [0.717, 1.165) is 32.4 Å². The summed E-state index contributed by atoms with van der Waals surface area (Å²) < 4.78 is 12.3. The number of ether oxygens (including phenoxy) is 2. The van der Waals surface area contributed by atoms with Crippen molar-refractivity contribution in [3.05, 3.63) is 105 Å². The van der Waals surface area contributed by atoms with E-state index in [1.807, 2.05) is 50.2 Å². The number of imide groups is 2.